The van der Waals surface area contributed by atoms with Crippen LogP contribution in [0, 0.1) is 0 Å². The van der Waals surface area contributed by atoms with Gasteiger partial charge in [0.2, 0.25) is 0 Å². The van der Waals surface area contributed by atoms with E-state index in [1.807, 2.05) is 6.07 Å². The number of para-hydroxylation sites is 2. The largest absolute Gasteiger partial charge is 0.309 e. The molecule has 0 fully saturated rings. The minimum atomic E-state index is 0.746. The highest BCUT2D eigenvalue weighted by Crippen LogP contribution is 2.44. The fourth-order valence-corrected chi connectivity index (χ4v) is 9.12. The number of hydrogen-bond donors (Lipinski definition) is 0. The van der Waals surface area contributed by atoms with Crippen LogP contribution in [0.2, 0.25) is 0 Å². The maximum absolute atomic E-state index is 5.44. The number of benzene rings is 8. The first-order valence-electron chi connectivity index (χ1n) is 19.5. The highest BCUT2D eigenvalue weighted by atomic mass is 15.1. The van der Waals surface area contributed by atoms with Crippen molar-refractivity contribution in [2.45, 2.75) is 6.42 Å². The van der Waals surface area contributed by atoms with Crippen molar-refractivity contribution in [1.82, 2.24) is 19.1 Å². The second-order valence-corrected chi connectivity index (χ2v) is 15.0. The zero-order valence-corrected chi connectivity index (χ0v) is 31.0. The minimum Gasteiger partial charge on any atom is -0.309 e. The Balaban J connectivity index is 1.06. The Morgan fingerprint density at radius 1 is 0.368 bits per heavy atom. The van der Waals surface area contributed by atoms with Crippen LogP contribution in [0.5, 0.6) is 0 Å². The standard InChI is InChI=1S/C53H34N4/c1-3-13-34(14-4-1)35-23-27-40(28-24-35)56-47-21-11-10-20-43(47)45-31-37(26-30-49(45)56)38-25-29-44-42-19-9-12-22-48(42)57(50(44)33-38)53-51-41-18-8-7-17-39(41)32-46(51)54-52(55-53)36-15-5-2-6-16-36/h1-31,33H,32H2. The Bertz CT molecular complexity index is 3360. The Morgan fingerprint density at radius 3 is 1.72 bits per heavy atom. The number of fused-ring (bicyclic) bond motifs is 9. The van der Waals surface area contributed by atoms with Crippen molar-refractivity contribution in [1.29, 1.82) is 0 Å². The van der Waals surface area contributed by atoms with Gasteiger partial charge < -0.3 is 4.57 Å². The van der Waals surface area contributed by atoms with Crippen molar-refractivity contribution in [3.63, 3.8) is 0 Å². The molecule has 0 saturated heterocycles. The summed E-state index contributed by atoms with van der Waals surface area (Å²) in [5.74, 6) is 1.67. The lowest BCUT2D eigenvalue weighted by Crippen LogP contribution is -2.05. The van der Waals surface area contributed by atoms with E-state index in [4.69, 9.17) is 9.97 Å². The van der Waals surface area contributed by atoms with Crippen LogP contribution in [0.15, 0.2) is 194 Å². The number of hydrogen-bond acceptors (Lipinski definition) is 2. The summed E-state index contributed by atoms with van der Waals surface area (Å²) in [6, 6.07) is 69.9. The predicted molar refractivity (Wildman–Crippen MR) is 235 cm³/mol. The van der Waals surface area contributed by atoms with Gasteiger partial charge in [0.15, 0.2) is 5.82 Å². The summed E-state index contributed by atoms with van der Waals surface area (Å²) in [4.78, 5) is 10.6. The lowest BCUT2D eigenvalue weighted by Gasteiger charge is -2.15. The number of rotatable bonds is 5. The summed E-state index contributed by atoms with van der Waals surface area (Å²) in [5, 5.41) is 4.87. The first-order chi connectivity index (χ1) is 28.3. The molecule has 3 aromatic heterocycles. The lowest BCUT2D eigenvalue weighted by molar-refractivity contribution is 1.01. The minimum absolute atomic E-state index is 0.746. The average molecular weight is 727 g/mol. The molecule has 0 spiro atoms. The second-order valence-electron chi connectivity index (χ2n) is 15.0. The van der Waals surface area contributed by atoms with Crippen molar-refractivity contribution < 1.29 is 0 Å². The van der Waals surface area contributed by atoms with Gasteiger partial charge in [0, 0.05) is 44.8 Å². The van der Waals surface area contributed by atoms with Gasteiger partial charge >= 0.3 is 0 Å². The van der Waals surface area contributed by atoms with Gasteiger partial charge in [0.05, 0.1) is 27.8 Å². The van der Waals surface area contributed by atoms with Crippen LogP contribution in [0.4, 0.5) is 0 Å². The molecule has 4 nitrogen and oxygen atoms in total. The molecule has 8 aromatic carbocycles. The summed E-state index contributed by atoms with van der Waals surface area (Å²) < 4.78 is 4.77. The molecular formula is C53H34N4. The lowest BCUT2D eigenvalue weighted by atomic mass is 10.0. The molecular weight excluding hydrogens is 693 g/mol. The molecule has 0 N–H and O–H groups in total. The normalized spacial score (nSPS) is 12.1. The fraction of sp³-hybridized carbons (Fsp3) is 0.0189. The Hall–Kier alpha value is -7.56. The molecule has 1 aliphatic rings. The molecule has 0 aliphatic heterocycles. The summed E-state index contributed by atoms with van der Waals surface area (Å²) in [7, 11) is 0. The van der Waals surface area contributed by atoms with Gasteiger partial charge in [-0.25, -0.2) is 9.97 Å². The highest BCUT2D eigenvalue weighted by molar-refractivity contribution is 6.12. The van der Waals surface area contributed by atoms with E-state index in [9.17, 15) is 0 Å². The zero-order valence-electron chi connectivity index (χ0n) is 31.0. The predicted octanol–water partition coefficient (Wildman–Crippen LogP) is 13.2. The van der Waals surface area contributed by atoms with Crippen molar-refractivity contribution in [2.24, 2.45) is 0 Å². The molecule has 57 heavy (non-hydrogen) atoms. The third-order valence-corrected chi connectivity index (χ3v) is 11.8. The number of aromatic nitrogens is 4. The Labute approximate surface area is 329 Å². The maximum atomic E-state index is 5.44. The molecule has 0 unspecified atom stereocenters. The van der Waals surface area contributed by atoms with E-state index < -0.39 is 0 Å². The van der Waals surface area contributed by atoms with Gasteiger partial charge in [0.25, 0.3) is 0 Å². The molecule has 0 bridgehead atoms. The quantitative estimate of drug-likeness (QED) is 0.177. The molecule has 3 heterocycles. The SMILES string of the molecule is c1ccc(-c2ccc(-n3c4ccccc4c4cc(-c5ccc6c7ccccc7n(-c7nc(-c8ccccc8)nc8c7-c7ccccc7C8)c6c5)ccc43)cc2)cc1. The van der Waals surface area contributed by atoms with Crippen LogP contribution >= 0.6 is 0 Å². The van der Waals surface area contributed by atoms with Crippen LogP contribution in [0.3, 0.4) is 0 Å². The summed E-state index contributed by atoms with van der Waals surface area (Å²) in [6.45, 7) is 0. The fourth-order valence-electron chi connectivity index (χ4n) is 9.12. The van der Waals surface area contributed by atoms with Crippen molar-refractivity contribution in [3.8, 4) is 56.3 Å². The maximum Gasteiger partial charge on any atom is 0.161 e. The van der Waals surface area contributed by atoms with Crippen LogP contribution < -0.4 is 0 Å². The van der Waals surface area contributed by atoms with Crippen molar-refractivity contribution in [3.05, 3.63) is 205 Å². The van der Waals surface area contributed by atoms with Gasteiger partial charge in [-0.3, -0.25) is 4.57 Å². The Kier molecular flexibility index (Phi) is 6.96. The summed E-state index contributed by atoms with van der Waals surface area (Å²) >= 11 is 0. The van der Waals surface area contributed by atoms with Gasteiger partial charge in [-0.15, -0.1) is 0 Å². The van der Waals surface area contributed by atoms with Crippen molar-refractivity contribution in [2.75, 3.05) is 0 Å². The average Bonchev–Trinajstić information content (AvgIpc) is 3.94. The topological polar surface area (TPSA) is 35.6 Å². The molecule has 0 radical (unpaired) electrons. The highest BCUT2D eigenvalue weighted by Gasteiger charge is 2.28. The molecule has 0 atom stereocenters. The smallest absolute Gasteiger partial charge is 0.161 e. The van der Waals surface area contributed by atoms with E-state index in [1.165, 1.54) is 60.4 Å². The molecule has 0 saturated carbocycles. The molecule has 4 heteroatoms. The van der Waals surface area contributed by atoms with Crippen LogP contribution in [-0.4, -0.2) is 19.1 Å². The first kappa shape index (κ1) is 31.8. The molecule has 11 aromatic rings. The van der Waals surface area contributed by atoms with Gasteiger partial charge in [-0.05, 0) is 75.8 Å². The third-order valence-electron chi connectivity index (χ3n) is 11.8. The molecule has 1 aliphatic carbocycles. The monoisotopic (exact) mass is 726 g/mol. The molecule has 0 amide bonds. The van der Waals surface area contributed by atoms with Gasteiger partial charge in [0.1, 0.15) is 5.82 Å². The van der Waals surface area contributed by atoms with E-state index in [2.05, 4.69) is 197 Å². The Morgan fingerprint density at radius 2 is 0.930 bits per heavy atom. The van der Waals surface area contributed by atoms with E-state index in [-0.39, 0.29) is 0 Å². The van der Waals surface area contributed by atoms with Gasteiger partial charge in [-0.1, -0.05) is 152 Å². The molecule has 12 rings (SSSR count). The zero-order chi connectivity index (χ0) is 37.5. The van der Waals surface area contributed by atoms with E-state index in [0.717, 1.165) is 57.2 Å². The van der Waals surface area contributed by atoms with E-state index in [1.54, 1.807) is 0 Å². The van der Waals surface area contributed by atoms with E-state index >= 15 is 0 Å². The van der Waals surface area contributed by atoms with Crippen LogP contribution in [-0.2, 0) is 6.42 Å². The van der Waals surface area contributed by atoms with E-state index in [0.29, 0.717) is 0 Å². The van der Waals surface area contributed by atoms with Crippen molar-refractivity contribution >= 4 is 43.6 Å². The number of nitrogens with zero attached hydrogens (tertiary/aromatic N) is 4. The van der Waals surface area contributed by atoms with Crippen LogP contribution in [0.1, 0.15) is 11.3 Å². The molecule has 266 valence electrons. The van der Waals surface area contributed by atoms with Gasteiger partial charge in [-0.2, -0.15) is 0 Å². The summed E-state index contributed by atoms with van der Waals surface area (Å²) in [5.41, 5.74) is 16.2. The first-order valence-corrected chi connectivity index (χ1v) is 19.5. The third kappa shape index (κ3) is 4.94. The summed E-state index contributed by atoms with van der Waals surface area (Å²) in [6.07, 6.45) is 0.786. The van der Waals surface area contributed by atoms with Crippen LogP contribution in [0.25, 0.3) is 99.9 Å². The second kappa shape index (κ2) is 12.5.